The molecule has 18 nitrogen and oxygen atoms in total. The molecule has 2 saturated heterocycles. The Morgan fingerprint density at radius 2 is 1.54 bits per heavy atom. The van der Waals surface area contributed by atoms with Gasteiger partial charge in [0.05, 0.1) is 31.0 Å². The first-order chi connectivity index (χ1) is 26.4. The second-order valence-electron chi connectivity index (χ2n) is 17.4. The molecule has 18 heteroatoms. The quantitative estimate of drug-likeness (QED) is 0.279. The van der Waals surface area contributed by atoms with Gasteiger partial charge in [0.15, 0.2) is 35.6 Å². The lowest BCUT2D eigenvalue weighted by molar-refractivity contribution is -0.461. The Bertz CT molecular complexity index is 2030. The normalized spacial score (nSPS) is 47.2. The third kappa shape index (κ3) is 4.17. The van der Waals surface area contributed by atoms with Gasteiger partial charge < -0.3 is 57.3 Å². The van der Waals surface area contributed by atoms with Crippen LogP contribution >= 0.6 is 0 Å². The van der Waals surface area contributed by atoms with Crippen LogP contribution in [0.1, 0.15) is 80.4 Å². The van der Waals surface area contributed by atoms with Crippen LogP contribution < -0.4 is 0 Å². The zero-order valence-electron chi connectivity index (χ0n) is 33.1. The Labute approximate surface area is 326 Å². The largest absolute Gasteiger partial charge is 0.472 e. The van der Waals surface area contributed by atoms with E-state index in [-0.39, 0.29) is 11.1 Å². The van der Waals surface area contributed by atoms with Gasteiger partial charge in [-0.2, -0.15) is 0 Å². The minimum absolute atomic E-state index is 0.0324. The van der Waals surface area contributed by atoms with Gasteiger partial charge in [0.25, 0.3) is 5.97 Å². The average Bonchev–Trinajstić information content (AvgIpc) is 3.88. The number of aliphatic hydroxyl groups is 2. The Morgan fingerprint density at radius 3 is 2.11 bits per heavy atom. The number of ether oxygens (including phenoxy) is 9. The van der Waals surface area contributed by atoms with Crippen LogP contribution in [0.4, 0.5) is 0 Å². The SMILES string of the molecule is COC(=O)[C@@H](O)[C@H]1[C@@]2(C)C[C@]3(O)[C@@](OC(=O)C(C)C)([C@H]4O[C@@]5(C)O[C@@]6([C@H](OC(C)=O)[C@H](OC(C)=O)[C@]7(C)C(=CC(=O)O[C@H]7c7ccoc7)[C@@]46O5)[C@]13C)[C@H]2OC(C)=O. The summed E-state index contributed by atoms with van der Waals surface area (Å²) in [5.74, 6) is -10.3. The van der Waals surface area contributed by atoms with E-state index in [1.807, 2.05) is 0 Å². The van der Waals surface area contributed by atoms with Gasteiger partial charge >= 0.3 is 35.8 Å². The molecule has 7 aliphatic rings. The van der Waals surface area contributed by atoms with Crippen molar-refractivity contribution in [3.63, 3.8) is 0 Å². The van der Waals surface area contributed by atoms with Crippen LogP contribution in [0.3, 0.4) is 0 Å². The van der Waals surface area contributed by atoms with Gasteiger partial charge in [-0.15, -0.1) is 0 Å². The molecule has 4 heterocycles. The van der Waals surface area contributed by atoms with Crippen molar-refractivity contribution in [2.45, 2.75) is 134 Å². The third-order valence-electron chi connectivity index (χ3n) is 14.1. The molecule has 2 N–H and O–H groups in total. The molecule has 15 atom stereocenters. The first kappa shape index (κ1) is 39.5. The Kier molecular flexibility index (Phi) is 8.06. The molecule has 0 radical (unpaired) electrons. The molecule has 0 unspecified atom stereocenters. The molecule has 3 aliphatic heterocycles. The predicted octanol–water partition coefficient (Wildman–Crippen LogP) is 1.48. The second-order valence-corrected chi connectivity index (χ2v) is 17.4. The summed E-state index contributed by atoms with van der Waals surface area (Å²) in [5, 5.41) is 26.2. The monoisotopic (exact) mass is 802 g/mol. The second kappa shape index (κ2) is 11.6. The summed E-state index contributed by atoms with van der Waals surface area (Å²) in [6.07, 6.45) is -7.22. The topological polar surface area (TPSA) is 239 Å². The van der Waals surface area contributed by atoms with Crippen LogP contribution in [0.25, 0.3) is 0 Å². The minimum atomic E-state index is -2.55. The number of cyclic esters (lactones) is 1. The van der Waals surface area contributed by atoms with E-state index in [1.165, 1.54) is 32.4 Å². The number of esters is 6. The molecule has 4 aliphatic carbocycles. The first-order valence-corrected chi connectivity index (χ1v) is 18.7. The average molecular weight is 803 g/mol. The summed E-state index contributed by atoms with van der Waals surface area (Å²) in [4.78, 5) is 81.9. The Balaban J connectivity index is 1.58. The van der Waals surface area contributed by atoms with Crippen molar-refractivity contribution in [1.82, 2.24) is 0 Å². The van der Waals surface area contributed by atoms with Crippen LogP contribution in [-0.4, -0.2) is 112 Å². The van der Waals surface area contributed by atoms with Gasteiger partial charge in [0, 0.05) is 56.1 Å². The highest BCUT2D eigenvalue weighted by atomic mass is 17.0. The van der Waals surface area contributed by atoms with Crippen molar-refractivity contribution in [1.29, 1.82) is 0 Å². The molecule has 57 heavy (non-hydrogen) atoms. The van der Waals surface area contributed by atoms with Gasteiger partial charge in [-0.1, -0.05) is 27.7 Å². The van der Waals surface area contributed by atoms with Crippen molar-refractivity contribution < 1.29 is 86.0 Å². The Morgan fingerprint density at radius 1 is 0.912 bits per heavy atom. The summed E-state index contributed by atoms with van der Waals surface area (Å²) >= 11 is 0. The van der Waals surface area contributed by atoms with Crippen LogP contribution in [0.15, 0.2) is 34.7 Å². The van der Waals surface area contributed by atoms with Crippen LogP contribution in [0, 0.1) is 28.1 Å². The van der Waals surface area contributed by atoms with E-state index in [0.717, 1.165) is 34.0 Å². The fraction of sp³-hybridized carbons (Fsp3) is 0.692. The number of hydrogen-bond donors (Lipinski definition) is 2. The molecule has 4 bridgehead atoms. The molecule has 1 aromatic heterocycles. The van der Waals surface area contributed by atoms with Crippen LogP contribution in [0.2, 0.25) is 0 Å². The molecule has 0 amide bonds. The summed E-state index contributed by atoms with van der Waals surface area (Å²) in [7, 11) is 1.04. The molecule has 1 spiro atoms. The molecule has 4 saturated carbocycles. The van der Waals surface area contributed by atoms with Crippen LogP contribution in [-0.2, 0) is 71.4 Å². The fourth-order valence-corrected chi connectivity index (χ4v) is 12.7. The number of methoxy groups -OCH3 is 1. The summed E-state index contributed by atoms with van der Waals surface area (Å²) in [6.45, 7) is 12.3. The lowest BCUT2D eigenvalue weighted by Gasteiger charge is -2.77. The van der Waals surface area contributed by atoms with Gasteiger partial charge in [0.2, 0.25) is 5.60 Å². The number of fused-ring (bicyclic) bond motifs is 4. The lowest BCUT2D eigenvalue weighted by Crippen LogP contribution is -2.96. The number of furan rings is 1. The van der Waals surface area contributed by atoms with Crippen molar-refractivity contribution in [3.05, 3.63) is 35.8 Å². The van der Waals surface area contributed by atoms with Crippen molar-refractivity contribution in [2.75, 3.05) is 7.11 Å². The Hall–Kier alpha value is -4.36. The zero-order chi connectivity index (χ0) is 41.8. The maximum Gasteiger partial charge on any atom is 0.335 e. The standard InChI is InChI=1S/C39H46O18/c1-16(2)28(45)54-38-30(52-19(5)42)32(6)15-36(38,47)34(8,24(32)23(44)29(46)48-10)39-27(51-18(4)41)26(50-17(3)40)33(7)21(37(39)31(38)55-35(9,56-37)57-39)13-22(43)53-25(33)20-11-12-49-14-20/h11-14,16,23-27,30-31,44,47H,15H2,1-10H3/t23-,24-,25-,26-,27+,30-,31-,32+,33+,34+,35+,36+,37+,38-,39-/m0/s1. The van der Waals surface area contributed by atoms with E-state index in [0.29, 0.717) is 0 Å². The molecule has 0 aromatic carbocycles. The number of aliphatic hydroxyl groups excluding tert-OH is 1. The maximum atomic E-state index is 14.2. The smallest absolute Gasteiger partial charge is 0.335 e. The number of rotatable bonds is 8. The summed E-state index contributed by atoms with van der Waals surface area (Å²) in [6, 6.07) is 1.52. The fourth-order valence-electron chi connectivity index (χ4n) is 12.7. The highest BCUT2D eigenvalue weighted by molar-refractivity contribution is 5.87. The van der Waals surface area contributed by atoms with Gasteiger partial charge in [-0.3, -0.25) is 19.2 Å². The minimum Gasteiger partial charge on any atom is -0.472 e. The third-order valence-corrected chi connectivity index (χ3v) is 14.1. The molecule has 1 aromatic rings. The first-order valence-electron chi connectivity index (χ1n) is 18.7. The number of hydrogen-bond acceptors (Lipinski definition) is 18. The maximum absolute atomic E-state index is 14.2. The predicted molar refractivity (Wildman–Crippen MR) is 182 cm³/mol. The number of carbonyl (C=O) groups excluding carboxylic acids is 6. The van der Waals surface area contributed by atoms with Crippen molar-refractivity contribution >= 4 is 35.8 Å². The van der Waals surface area contributed by atoms with Crippen molar-refractivity contribution in [2.24, 2.45) is 28.1 Å². The molecule has 6 fully saturated rings. The van der Waals surface area contributed by atoms with E-state index in [2.05, 4.69) is 0 Å². The van der Waals surface area contributed by atoms with E-state index < -0.39 is 135 Å². The zero-order valence-corrected chi connectivity index (χ0v) is 33.1. The summed E-state index contributed by atoms with van der Waals surface area (Å²) in [5.41, 5.74) is -15.3. The number of carbonyl (C=O) groups is 6. The molecule has 8 rings (SSSR count). The molecular formula is C39H46O18. The highest BCUT2D eigenvalue weighted by Gasteiger charge is 3.06. The molecular weight excluding hydrogens is 756 g/mol. The highest BCUT2D eigenvalue weighted by Crippen LogP contribution is 2.88. The van der Waals surface area contributed by atoms with Gasteiger partial charge in [-0.25, -0.2) is 9.59 Å². The van der Waals surface area contributed by atoms with Gasteiger partial charge in [-0.05, 0) is 25.0 Å². The van der Waals surface area contributed by atoms with E-state index >= 15 is 0 Å². The van der Waals surface area contributed by atoms with Crippen LogP contribution in [0.5, 0.6) is 0 Å². The van der Waals surface area contributed by atoms with Gasteiger partial charge in [0.1, 0.15) is 17.8 Å². The molecule has 310 valence electrons. The lowest BCUT2D eigenvalue weighted by atomic mass is 9.33. The van der Waals surface area contributed by atoms with E-state index in [4.69, 9.17) is 47.0 Å². The summed E-state index contributed by atoms with van der Waals surface area (Å²) < 4.78 is 62.3. The van der Waals surface area contributed by atoms with E-state index in [9.17, 15) is 39.0 Å². The van der Waals surface area contributed by atoms with Crippen molar-refractivity contribution in [3.8, 4) is 0 Å². The van der Waals surface area contributed by atoms with E-state index in [1.54, 1.807) is 27.7 Å².